The molecular weight excluding hydrogens is 360 g/mol. The summed E-state index contributed by atoms with van der Waals surface area (Å²) in [6.07, 6.45) is 3.70. The van der Waals surface area contributed by atoms with E-state index >= 15 is 0 Å². The maximum absolute atomic E-state index is 13.2. The molecule has 0 aliphatic heterocycles. The maximum Gasteiger partial charge on any atom is 0.227 e. The zero-order chi connectivity index (χ0) is 20.7. The number of carbonyl (C=O) groups is 1. The maximum atomic E-state index is 13.2. The molecule has 2 aromatic carbocycles. The van der Waals surface area contributed by atoms with Gasteiger partial charge in [0, 0.05) is 11.6 Å². The van der Waals surface area contributed by atoms with Crippen molar-refractivity contribution in [2.75, 3.05) is 7.11 Å². The number of allylic oxidation sites excluding steroid dienone is 1. The number of halogens is 2. The molecule has 0 heterocycles. The molecule has 0 saturated heterocycles. The molecule has 0 fully saturated rings. The van der Waals surface area contributed by atoms with Crippen LogP contribution in [0.4, 0.5) is 8.78 Å². The highest BCUT2D eigenvalue weighted by Gasteiger charge is 2.24. The molecule has 0 unspecified atom stereocenters. The summed E-state index contributed by atoms with van der Waals surface area (Å²) in [6.45, 7) is 8.91. The minimum absolute atomic E-state index is 0.0604. The highest BCUT2D eigenvalue weighted by atomic mass is 19.1. The van der Waals surface area contributed by atoms with E-state index in [9.17, 15) is 13.6 Å². The number of methoxy groups -OCH3 is 1. The molecule has 2 aromatic rings. The average Bonchev–Trinajstić information content (AvgIpc) is 2.69. The number of amides is 1. The first-order valence-electron chi connectivity index (χ1n) is 9.04. The van der Waals surface area contributed by atoms with Gasteiger partial charge in [-0.15, -0.1) is 0 Å². The first kappa shape index (κ1) is 21.4. The Kier molecular flexibility index (Phi) is 7.50. The lowest BCUT2D eigenvalue weighted by molar-refractivity contribution is -0.124. The van der Waals surface area contributed by atoms with E-state index < -0.39 is 0 Å². The van der Waals surface area contributed by atoms with Gasteiger partial charge in [0.25, 0.3) is 0 Å². The van der Waals surface area contributed by atoms with E-state index in [-0.39, 0.29) is 23.5 Å². The second-order valence-corrected chi connectivity index (χ2v) is 6.66. The fourth-order valence-corrected chi connectivity index (χ4v) is 3.04. The molecule has 0 radical (unpaired) electrons. The lowest BCUT2D eigenvalue weighted by atomic mass is 9.83. The molecular formula is C23H25F2NO2. The summed E-state index contributed by atoms with van der Waals surface area (Å²) in [4.78, 5) is 11.9. The van der Waals surface area contributed by atoms with Gasteiger partial charge in [-0.25, -0.2) is 8.78 Å². The van der Waals surface area contributed by atoms with E-state index in [0.717, 1.165) is 24.0 Å². The third-order valence-corrected chi connectivity index (χ3v) is 4.67. The van der Waals surface area contributed by atoms with Crippen LogP contribution in [0.1, 0.15) is 23.1 Å². The third-order valence-electron chi connectivity index (χ3n) is 4.67. The van der Waals surface area contributed by atoms with E-state index in [4.69, 9.17) is 4.74 Å². The summed E-state index contributed by atoms with van der Waals surface area (Å²) in [7, 11) is 1.46. The molecule has 28 heavy (non-hydrogen) atoms. The molecule has 1 atom stereocenters. The first-order chi connectivity index (χ1) is 13.3. The predicted octanol–water partition coefficient (Wildman–Crippen LogP) is 4.89. The second kappa shape index (κ2) is 9.83. The number of benzene rings is 2. The minimum Gasteiger partial charge on any atom is -0.494 e. The molecule has 5 heteroatoms. The van der Waals surface area contributed by atoms with Crippen LogP contribution in [0.5, 0.6) is 5.75 Å². The number of fused-ring (bicyclic) bond motifs is 1. The molecule has 148 valence electrons. The number of rotatable bonds is 4. The summed E-state index contributed by atoms with van der Waals surface area (Å²) < 4.78 is 30.8. The Labute approximate surface area is 164 Å². The SMILES string of the molecule is C=CC(=C)NC(=O)[C@H]1CCc2ccc(F)cc2C1.COc1cccc(C)c1F. The quantitative estimate of drug-likeness (QED) is 0.761. The summed E-state index contributed by atoms with van der Waals surface area (Å²) >= 11 is 0. The monoisotopic (exact) mass is 385 g/mol. The Bertz CT molecular complexity index is 877. The van der Waals surface area contributed by atoms with E-state index in [1.165, 1.54) is 25.3 Å². The van der Waals surface area contributed by atoms with Gasteiger partial charge in [0.15, 0.2) is 11.6 Å². The van der Waals surface area contributed by atoms with E-state index in [1.54, 1.807) is 25.1 Å². The summed E-state index contributed by atoms with van der Waals surface area (Å²) in [5, 5.41) is 2.70. The van der Waals surface area contributed by atoms with Crippen LogP contribution in [0.2, 0.25) is 0 Å². The fraction of sp³-hybridized carbons (Fsp3) is 0.261. The molecule has 0 bridgehead atoms. The van der Waals surface area contributed by atoms with Gasteiger partial charge in [-0.3, -0.25) is 4.79 Å². The van der Waals surface area contributed by atoms with Gasteiger partial charge in [0.05, 0.1) is 7.11 Å². The zero-order valence-electron chi connectivity index (χ0n) is 16.2. The van der Waals surface area contributed by atoms with Gasteiger partial charge in [-0.05, 0) is 67.2 Å². The minimum atomic E-state index is -0.273. The lowest BCUT2D eigenvalue weighted by Crippen LogP contribution is -2.33. The third kappa shape index (κ3) is 5.52. The van der Waals surface area contributed by atoms with Crippen LogP contribution in [0.3, 0.4) is 0 Å². The largest absolute Gasteiger partial charge is 0.494 e. The average molecular weight is 385 g/mol. The molecule has 1 aliphatic carbocycles. The normalized spacial score (nSPS) is 14.8. The van der Waals surface area contributed by atoms with Gasteiger partial charge in [0.2, 0.25) is 5.91 Å². The molecule has 1 amide bonds. The number of carbonyl (C=O) groups excluding carboxylic acids is 1. The van der Waals surface area contributed by atoms with Crippen LogP contribution in [0, 0.1) is 24.5 Å². The zero-order valence-corrected chi connectivity index (χ0v) is 16.2. The highest BCUT2D eigenvalue weighted by molar-refractivity contribution is 5.81. The van der Waals surface area contributed by atoms with Gasteiger partial charge in [-0.2, -0.15) is 0 Å². The van der Waals surface area contributed by atoms with Crippen molar-refractivity contribution in [2.24, 2.45) is 5.92 Å². The van der Waals surface area contributed by atoms with Gasteiger partial charge < -0.3 is 10.1 Å². The Hall–Kier alpha value is -2.95. The van der Waals surface area contributed by atoms with Crippen molar-refractivity contribution in [3.63, 3.8) is 0 Å². The summed E-state index contributed by atoms with van der Waals surface area (Å²) in [5.74, 6) is -0.388. The Morgan fingerprint density at radius 1 is 1.25 bits per heavy atom. The van der Waals surface area contributed by atoms with Crippen molar-refractivity contribution < 1.29 is 18.3 Å². The van der Waals surface area contributed by atoms with E-state index in [2.05, 4.69) is 18.5 Å². The number of ether oxygens (including phenoxy) is 1. The van der Waals surface area contributed by atoms with Crippen molar-refractivity contribution >= 4 is 5.91 Å². The van der Waals surface area contributed by atoms with Gasteiger partial charge in [0.1, 0.15) is 5.82 Å². The van der Waals surface area contributed by atoms with Crippen LogP contribution < -0.4 is 10.1 Å². The van der Waals surface area contributed by atoms with Crippen LogP contribution in [0.25, 0.3) is 0 Å². The van der Waals surface area contributed by atoms with Crippen molar-refractivity contribution in [1.82, 2.24) is 5.32 Å². The van der Waals surface area contributed by atoms with Crippen LogP contribution in [-0.2, 0) is 17.6 Å². The Morgan fingerprint density at radius 3 is 2.64 bits per heavy atom. The molecule has 3 rings (SSSR count). The number of nitrogens with one attached hydrogen (secondary N) is 1. The molecule has 0 saturated carbocycles. The van der Waals surface area contributed by atoms with Crippen molar-refractivity contribution in [2.45, 2.75) is 26.2 Å². The van der Waals surface area contributed by atoms with Crippen molar-refractivity contribution in [3.8, 4) is 5.75 Å². The number of aryl methyl sites for hydroxylation is 2. The number of hydrogen-bond donors (Lipinski definition) is 1. The molecule has 0 aromatic heterocycles. The topological polar surface area (TPSA) is 38.3 Å². The first-order valence-corrected chi connectivity index (χ1v) is 9.04. The van der Waals surface area contributed by atoms with Crippen LogP contribution in [0.15, 0.2) is 61.3 Å². The molecule has 3 nitrogen and oxygen atoms in total. The molecule has 1 N–H and O–H groups in total. The lowest BCUT2D eigenvalue weighted by Gasteiger charge is -2.23. The van der Waals surface area contributed by atoms with Gasteiger partial charge >= 0.3 is 0 Å². The van der Waals surface area contributed by atoms with Gasteiger partial charge in [-0.1, -0.05) is 31.4 Å². The van der Waals surface area contributed by atoms with Crippen molar-refractivity contribution in [1.29, 1.82) is 0 Å². The standard InChI is InChI=1S/C15H16FNO.C8H9FO/c1-3-10(2)17-15(18)12-5-4-11-6-7-14(16)9-13(11)8-12;1-6-4-3-5-7(10-2)8(6)9/h3,6-7,9,12H,1-2,4-5,8H2,(H,17,18);3-5H,1-2H3/t12-;/m0./s1. The van der Waals surface area contributed by atoms with E-state index in [1.807, 2.05) is 6.07 Å². The fourth-order valence-electron chi connectivity index (χ4n) is 3.04. The highest BCUT2D eigenvalue weighted by Crippen LogP contribution is 2.26. The number of hydrogen-bond acceptors (Lipinski definition) is 2. The summed E-state index contributed by atoms with van der Waals surface area (Å²) in [5.41, 5.74) is 3.19. The van der Waals surface area contributed by atoms with Crippen molar-refractivity contribution in [3.05, 3.63) is 89.7 Å². The second-order valence-electron chi connectivity index (χ2n) is 6.66. The van der Waals surface area contributed by atoms with E-state index in [0.29, 0.717) is 23.4 Å². The summed E-state index contributed by atoms with van der Waals surface area (Å²) in [6, 6.07) is 9.87. The van der Waals surface area contributed by atoms with Crippen LogP contribution >= 0.6 is 0 Å². The molecule has 1 aliphatic rings. The predicted molar refractivity (Wildman–Crippen MR) is 107 cm³/mol. The Morgan fingerprint density at radius 2 is 2.00 bits per heavy atom. The molecule has 0 spiro atoms. The smallest absolute Gasteiger partial charge is 0.227 e. The Balaban J connectivity index is 0.000000237. The van der Waals surface area contributed by atoms with Crippen LogP contribution in [-0.4, -0.2) is 13.0 Å².